The molecule has 7 nitrogen and oxygen atoms in total. The van der Waals surface area contributed by atoms with E-state index in [0.29, 0.717) is 18.1 Å². The van der Waals surface area contributed by atoms with E-state index >= 15 is 0 Å². The van der Waals surface area contributed by atoms with Crippen LogP contribution in [-0.2, 0) is 11.3 Å². The Labute approximate surface area is 155 Å². The van der Waals surface area contributed by atoms with Crippen molar-refractivity contribution in [3.8, 4) is 11.1 Å². The van der Waals surface area contributed by atoms with Crippen LogP contribution in [0, 0.1) is 12.8 Å². The second kappa shape index (κ2) is 6.35. The SMILES string of the molecule is Cc1c(-c2cnc3[nH]c(=O)n(CC4CCOCC4)c3c2)cnc2[nH]ccc12. The zero-order chi connectivity index (χ0) is 18.4. The summed E-state index contributed by atoms with van der Waals surface area (Å²) in [5, 5.41) is 1.10. The van der Waals surface area contributed by atoms with Crippen LogP contribution < -0.4 is 5.69 Å². The predicted molar refractivity (Wildman–Crippen MR) is 104 cm³/mol. The van der Waals surface area contributed by atoms with E-state index < -0.39 is 0 Å². The minimum Gasteiger partial charge on any atom is -0.381 e. The number of hydrogen-bond acceptors (Lipinski definition) is 4. The summed E-state index contributed by atoms with van der Waals surface area (Å²) >= 11 is 0. The molecule has 5 heterocycles. The molecule has 0 saturated carbocycles. The molecular weight excluding hydrogens is 342 g/mol. The van der Waals surface area contributed by atoms with Gasteiger partial charge in [-0.25, -0.2) is 14.8 Å². The van der Waals surface area contributed by atoms with Crippen LogP contribution in [0.5, 0.6) is 0 Å². The highest BCUT2D eigenvalue weighted by Gasteiger charge is 2.18. The van der Waals surface area contributed by atoms with Crippen LogP contribution in [0.25, 0.3) is 33.3 Å². The van der Waals surface area contributed by atoms with E-state index in [1.54, 1.807) is 6.20 Å². The van der Waals surface area contributed by atoms with E-state index in [1.807, 2.05) is 29.1 Å². The molecule has 1 aliphatic heterocycles. The molecule has 27 heavy (non-hydrogen) atoms. The Morgan fingerprint density at radius 1 is 1.22 bits per heavy atom. The van der Waals surface area contributed by atoms with E-state index in [4.69, 9.17) is 4.74 Å². The largest absolute Gasteiger partial charge is 0.381 e. The average Bonchev–Trinajstić information content (AvgIpc) is 3.28. The molecule has 7 heteroatoms. The lowest BCUT2D eigenvalue weighted by atomic mass is 10.00. The number of pyridine rings is 2. The van der Waals surface area contributed by atoms with Gasteiger partial charge in [-0.2, -0.15) is 0 Å². The molecule has 0 unspecified atom stereocenters. The Bertz CT molecular complexity index is 1180. The van der Waals surface area contributed by atoms with Crippen molar-refractivity contribution in [3.05, 3.63) is 46.8 Å². The van der Waals surface area contributed by atoms with Gasteiger partial charge in [0.1, 0.15) is 5.65 Å². The number of nitrogens with one attached hydrogen (secondary N) is 2. The van der Waals surface area contributed by atoms with Crippen LogP contribution in [0.3, 0.4) is 0 Å². The number of hydrogen-bond donors (Lipinski definition) is 2. The van der Waals surface area contributed by atoms with E-state index in [1.165, 1.54) is 0 Å². The molecule has 5 rings (SSSR count). The molecule has 1 fully saturated rings. The number of fused-ring (bicyclic) bond motifs is 2. The van der Waals surface area contributed by atoms with Gasteiger partial charge in [0.15, 0.2) is 5.65 Å². The van der Waals surface area contributed by atoms with Gasteiger partial charge in [0, 0.05) is 54.9 Å². The highest BCUT2D eigenvalue weighted by Crippen LogP contribution is 2.29. The monoisotopic (exact) mass is 363 g/mol. The van der Waals surface area contributed by atoms with Gasteiger partial charge in [-0.05, 0) is 43.4 Å². The van der Waals surface area contributed by atoms with Crippen molar-refractivity contribution in [2.75, 3.05) is 13.2 Å². The summed E-state index contributed by atoms with van der Waals surface area (Å²) in [7, 11) is 0. The number of aromatic amines is 2. The zero-order valence-corrected chi connectivity index (χ0v) is 15.2. The second-order valence-electron chi connectivity index (χ2n) is 7.23. The second-order valence-corrected chi connectivity index (χ2v) is 7.23. The number of nitrogens with zero attached hydrogens (tertiary/aromatic N) is 3. The summed E-state index contributed by atoms with van der Waals surface area (Å²) in [4.78, 5) is 27.5. The first-order valence-electron chi connectivity index (χ1n) is 9.30. The van der Waals surface area contributed by atoms with Gasteiger partial charge >= 0.3 is 5.69 Å². The number of aromatic nitrogens is 5. The zero-order valence-electron chi connectivity index (χ0n) is 15.2. The molecule has 0 aliphatic carbocycles. The van der Waals surface area contributed by atoms with Gasteiger partial charge in [0.2, 0.25) is 0 Å². The average molecular weight is 363 g/mol. The molecule has 1 saturated heterocycles. The third-order valence-electron chi connectivity index (χ3n) is 5.58. The molecule has 0 atom stereocenters. The van der Waals surface area contributed by atoms with Crippen molar-refractivity contribution in [1.29, 1.82) is 0 Å². The number of H-pyrrole nitrogens is 2. The topological polar surface area (TPSA) is 88.6 Å². The van der Waals surface area contributed by atoms with Gasteiger partial charge in [0.05, 0.1) is 5.52 Å². The maximum Gasteiger partial charge on any atom is 0.327 e. The van der Waals surface area contributed by atoms with Crippen LogP contribution in [0.4, 0.5) is 0 Å². The smallest absolute Gasteiger partial charge is 0.327 e. The Morgan fingerprint density at radius 3 is 2.89 bits per heavy atom. The molecule has 0 amide bonds. The summed E-state index contributed by atoms with van der Waals surface area (Å²) in [5.74, 6) is 0.457. The van der Waals surface area contributed by atoms with Crippen molar-refractivity contribution < 1.29 is 4.74 Å². The number of aryl methyl sites for hydroxylation is 1. The van der Waals surface area contributed by atoms with Gasteiger partial charge in [0.25, 0.3) is 0 Å². The standard InChI is InChI=1S/C20H21N5O2/c1-12-15-2-5-21-18(15)23-10-16(12)14-8-17-19(22-9-14)24-20(26)25(17)11-13-3-6-27-7-4-13/h2,5,8-10,13H,3-4,6-7,11H2,1H3,(H,21,23)(H,22,24,26). The summed E-state index contributed by atoms with van der Waals surface area (Å²) in [6.07, 6.45) is 7.54. The summed E-state index contributed by atoms with van der Waals surface area (Å²) in [6.45, 7) is 4.32. The van der Waals surface area contributed by atoms with Crippen molar-refractivity contribution in [1.82, 2.24) is 24.5 Å². The van der Waals surface area contributed by atoms with Crippen LogP contribution in [0.2, 0.25) is 0 Å². The summed E-state index contributed by atoms with van der Waals surface area (Å²) < 4.78 is 7.26. The van der Waals surface area contributed by atoms with Crippen molar-refractivity contribution in [3.63, 3.8) is 0 Å². The minimum absolute atomic E-state index is 0.0999. The Hall–Kier alpha value is -2.93. The van der Waals surface area contributed by atoms with Crippen LogP contribution in [0.15, 0.2) is 35.5 Å². The summed E-state index contributed by atoms with van der Waals surface area (Å²) in [5.41, 5.74) is 5.40. The molecular formula is C20H21N5O2. The first-order chi connectivity index (χ1) is 13.2. The molecule has 0 bridgehead atoms. The maximum absolute atomic E-state index is 12.5. The molecule has 0 spiro atoms. The van der Waals surface area contributed by atoms with E-state index in [-0.39, 0.29) is 5.69 Å². The minimum atomic E-state index is -0.0999. The number of ether oxygens (including phenoxy) is 1. The summed E-state index contributed by atoms with van der Waals surface area (Å²) in [6, 6.07) is 4.08. The lowest BCUT2D eigenvalue weighted by molar-refractivity contribution is 0.0613. The fraction of sp³-hybridized carbons (Fsp3) is 0.350. The van der Waals surface area contributed by atoms with Crippen molar-refractivity contribution in [2.24, 2.45) is 5.92 Å². The maximum atomic E-state index is 12.5. The third kappa shape index (κ3) is 2.75. The highest BCUT2D eigenvalue weighted by molar-refractivity contribution is 5.88. The molecule has 1 aliphatic rings. The molecule has 0 aromatic carbocycles. The van der Waals surface area contributed by atoms with Gasteiger partial charge < -0.3 is 9.72 Å². The molecule has 4 aromatic rings. The Balaban J connectivity index is 1.60. The van der Waals surface area contributed by atoms with Crippen molar-refractivity contribution >= 4 is 22.2 Å². The van der Waals surface area contributed by atoms with Crippen LogP contribution >= 0.6 is 0 Å². The third-order valence-corrected chi connectivity index (χ3v) is 5.58. The molecule has 0 radical (unpaired) electrons. The lowest BCUT2D eigenvalue weighted by Gasteiger charge is -2.22. The molecule has 2 N–H and O–H groups in total. The van der Waals surface area contributed by atoms with E-state index in [2.05, 4.69) is 26.9 Å². The fourth-order valence-electron chi connectivity index (χ4n) is 3.98. The van der Waals surface area contributed by atoms with Crippen LogP contribution in [0.1, 0.15) is 18.4 Å². The lowest BCUT2D eigenvalue weighted by Crippen LogP contribution is -2.25. The Kier molecular flexibility index (Phi) is 3.82. The predicted octanol–water partition coefficient (Wildman–Crippen LogP) is 3.00. The molecule has 138 valence electrons. The number of imidazole rings is 1. The first-order valence-corrected chi connectivity index (χ1v) is 9.30. The quantitative estimate of drug-likeness (QED) is 0.586. The van der Waals surface area contributed by atoms with Gasteiger partial charge in [-0.1, -0.05) is 0 Å². The van der Waals surface area contributed by atoms with Gasteiger partial charge in [-0.15, -0.1) is 0 Å². The van der Waals surface area contributed by atoms with Gasteiger partial charge in [-0.3, -0.25) is 9.55 Å². The fourth-order valence-corrected chi connectivity index (χ4v) is 3.98. The highest BCUT2D eigenvalue weighted by atomic mass is 16.5. The normalized spacial score (nSPS) is 15.7. The number of rotatable bonds is 3. The molecule has 4 aromatic heterocycles. The Morgan fingerprint density at radius 2 is 2.04 bits per heavy atom. The first kappa shape index (κ1) is 16.3. The van der Waals surface area contributed by atoms with E-state index in [0.717, 1.165) is 59.3 Å². The van der Waals surface area contributed by atoms with Crippen molar-refractivity contribution in [2.45, 2.75) is 26.3 Å². The van der Waals surface area contributed by atoms with E-state index in [9.17, 15) is 4.79 Å². The van der Waals surface area contributed by atoms with Crippen LogP contribution in [-0.4, -0.2) is 37.7 Å².